The molecule has 38 valence electrons. The van der Waals surface area contributed by atoms with Crippen LogP contribution in [0.1, 0.15) is 0 Å². The smallest absolute Gasteiger partial charge is 0.450 e. The van der Waals surface area contributed by atoms with E-state index in [2.05, 4.69) is 5.90 Å². The van der Waals surface area contributed by atoms with Gasteiger partial charge in [-0.1, -0.05) is 0 Å². The van der Waals surface area contributed by atoms with Gasteiger partial charge >= 0.3 is 6.16 Å². The molecule has 5 heteroatoms. The van der Waals surface area contributed by atoms with Gasteiger partial charge in [0, 0.05) is 0 Å². The maximum absolute atomic E-state index is 8.56. The third-order valence-corrected chi connectivity index (χ3v) is 0. The maximum atomic E-state index is 8.56. The van der Waals surface area contributed by atoms with Gasteiger partial charge in [-0.15, -0.1) is 0 Å². The number of carboxylic acid groups (broad SMARTS) is 2. The lowest BCUT2D eigenvalue weighted by Crippen LogP contribution is -1.81. The van der Waals surface area contributed by atoms with Crippen LogP contribution in [0.2, 0.25) is 0 Å². The molecule has 0 spiro atoms. The summed E-state index contributed by atoms with van der Waals surface area (Å²) < 4.78 is 0. The lowest BCUT2D eigenvalue weighted by molar-refractivity contribution is 0.137. The van der Waals surface area contributed by atoms with Gasteiger partial charge in [-0.05, 0) is 0 Å². The molecule has 0 heterocycles. The highest BCUT2D eigenvalue weighted by Crippen LogP contribution is 1.42. The molecule has 0 rings (SSSR count). The number of rotatable bonds is 0. The van der Waals surface area contributed by atoms with Crippen LogP contribution in [0.15, 0.2) is 0 Å². The van der Waals surface area contributed by atoms with Crippen LogP contribution >= 0.6 is 0 Å². The van der Waals surface area contributed by atoms with Crippen LogP contribution in [0.5, 0.6) is 0 Å². The largest absolute Gasteiger partial charge is 0.503 e. The molecule has 0 aliphatic heterocycles. The second kappa shape index (κ2) is 8.89. The van der Waals surface area contributed by atoms with Gasteiger partial charge in [0.05, 0.1) is 0 Å². The van der Waals surface area contributed by atoms with E-state index in [4.69, 9.17) is 20.2 Å². The van der Waals surface area contributed by atoms with Gasteiger partial charge in [0.1, 0.15) is 0 Å². The van der Waals surface area contributed by atoms with E-state index in [1.807, 2.05) is 0 Å². The Morgan fingerprint density at radius 1 is 1.33 bits per heavy atom. The predicted octanol–water partition coefficient (Wildman–Crippen LogP) is -0.443. The summed E-state index contributed by atoms with van der Waals surface area (Å²) in [7, 11) is 0. The van der Waals surface area contributed by atoms with Crippen molar-refractivity contribution >= 4 is 6.16 Å². The Morgan fingerprint density at radius 2 is 1.33 bits per heavy atom. The minimum atomic E-state index is -1.83. The van der Waals surface area contributed by atoms with Crippen LogP contribution in [0.4, 0.5) is 4.79 Å². The third-order valence-electron chi connectivity index (χ3n) is 0. The second-order valence-electron chi connectivity index (χ2n) is 0.283. The summed E-state index contributed by atoms with van der Waals surface area (Å²) in [4.78, 5) is 8.56. The van der Waals surface area contributed by atoms with Gasteiger partial charge in [-0.3, -0.25) is 0 Å². The Kier molecular flexibility index (Phi) is 13.3. The fraction of sp³-hybridized carbons (Fsp3) is 0. The zero-order valence-corrected chi connectivity index (χ0v) is 2.83. The first-order valence-electron chi connectivity index (χ1n) is 0.910. The van der Waals surface area contributed by atoms with E-state index < -0.39 is 6.16 Å². The molecule has 5 N–H and O–H groups in total. The molecule has 0 saturated carbocycles. The lowest BCUT2D eigenvalue weighted by atomic mass is 11.5. The molecule has 0 saturated heterocycles. The van der Waals surface area contributed by atoms with Gasteiger partial charge < -0.3 is 15.4 Å². The number of hydrogen-bond acceptors (Lipinski definition) is 3. The fourth-order valence-corrected chi connectivity index (χ4v) is 0. The van der Waals surface area contributed by atoms with Crippen LogP contribution < -0.4 is 5.90 Å². The first-order chi connectivity index (χ1) is 2.73. The van der Waals surface area contributed by atoms with E-state index in [1.165, 1.54) is 0 Å². The van der Waals surface area contributed by atoms with Crippen molar-refractivity contribution in [2.75, 3.05) is 0 Å². The van der Waals surface area contributed by atoms with Crippen LogP contribution in [0.3, 0.4) is 0 Å². The van der Waals surface area contributed by atoms with Gasteiger partial charge in [-0.25, -0.2) is 10.7 Å². The molecule has 6 heavy (non-hydrogen) atoms. The molecular formula is CH5NO4. The second-order valence-corrected chi connectivity index (χ2v) is 0.283. The van der Waals surface area contributed by atoms with Gasteiger partial charge in [0.2, 0.25) is 0 Å². The van der Waals surface area contributed by atoms with Crippen molar-refractivity contribution in [2.45, 2.75) is 0 Å². The highest BCUT2D eigenvalue weighted by molar-refractivity contribution is 5.53. The molecule has 0 aromatic carbocycles. The number of nitrogens with two attached hydrogens (primary N) is 1. The van der Waals surface area contributed by atoms with E-state index in [0.29, 0.717) is 0 Å². The van der Waals surface area contributed by atoms with E-state index in [0.717, 1.165) is 0 Å². The summed E-state index contributed by atoms with van der Waals surface area (Å²) in [6, 6.07) is 0. The Bertz CT molecular complexity index is 30.5. The van der Waals surface area contributed by atoms with E-state index in [1.54, 1.807) is 0 Å². The van der Waals surface area contributed by atoms with Gasteiger partial charge in [0.15, 0.2) is 0 Å². The van der Waals surface area contributed by atoms with Crippen LogP contribution in [0, 0.1) is 0 Å². The Morgan fingerprint density at radius 3 is 1.33 bits per heavy atom. The quantitative estimate of drug-likeness (QED) is 0.305. The summed E-state index contributed by atoms with van der Waals surface area (Å²) >= 11 is 0. The molecule has 5 nitrogen and oxygen atoms in total. The molecule has 0 fully saturated rings. The Labute approximate surface area is 33.6 Å². The van der Waals surface area contributed by atoms with Crippen molar-refractivity contribution in [3.05, 3.63) is 0 Å². The number of hydrogen-bond donors (Lipinski definition) is 4. The van der Waals surface area contributed by atoms with Gasteiger partial charge in [0.25, 0.3) is 0 Å². The summed E-state index contributed by atoms with van der Waals surface area (Å²) in [5, 5.41) is 20.4. The van der Waals surface area contributed by atoms with Crippen LogP contribution in [-0.2, 0) is 0 Å². The molecule has 0 aromatic rings. The van der Waals surface area contributed by atoms with Crippen LogP contribution in [-0.4, -0.2) is 21.6 Å². The molecule has 0 aliphatic rings. The third kappa shape index (κ3) is 23.3. The van der Waals surface area contributed by atoms with Crippen molar-refractivity contribution in [3.8, 4) is 0 Å². The van der Waals surface area contributed by atoms with Crippen molar-refractivity contribution in [1.82, 2.24) is 0 Å². The molecular weight excluding hydrogens is 90.0 g/mol. The van der Waals surface area contributed by atoms with Crippen molar-refractivity contribution in [1.29, 1.82) is 0 Å². The van der Waals surface area contributed by atoms with Crippen molar-refractivity contribution in [3.63, 3.8) is 0 Å². The average molecular weight is 95.1 g/mol. The highest BCUT2D eigenvalue weighted by atomic mass is 16.6. The van der Waals surface area contributed by atoms with Crippen LogP contribution in [0.25, 0.3) is 0 Å². The number of carbonyl (C=O) groups is 1. The Balaban J connectivity index is 0. The molecule has 0 unspecified atom stereocenters. The monoisotopic (exact) mass is 95.0 g/mol. The SMILES string of the molecule is NO.O=C(O)O. The fourth-order valence-electron chi connectivity index (χ4n) is 0. The maximum Gasteiger partial charge on any atom is 0.503 e. The zero-order chi connectivity index (χ0) is 5.58. The molecule has 0 amide bonds. The van der Waals surface area contributed by atoms with E-state index in [-0.39, 0.29) is 0 Å². The zero-order valence-electron chi connectivity index (χ0n) is 2.83. The summed E-state index contributed by atoms with van der Waals surface area (Å²) in [6.07, 6.45) is -1.83. The molecule has 0 aliphatic carbocycles. The first-order valence-corrected chi connectivity index (χ1v) is 0.910. The van der Waals surface area contributed by atoms with Gasteiger partial charge in [-0.2, -0.15) is 0 Å². The first kappa shape index (κ1) is 8.95. The topological polar surface area (TPSA) is 104 Å². The molecule has 0 bridgehead atoms. The normalized spacial score (nSPS) is 5.00. The molecule has 0 radical (unpaired) electrons. The highest BCUT2D eigenvalue weighted by Gasteiger charge is 1.70. The average Bonchev–Trinajstić information content (AvgIpc) is 1.41. The summed E-state index contributed by atoms with van der Waals surface area (Å²) in [5.41, 5.74) is 0. The minimum absolute atomic E-state index is 1.83. The van der Waals surface area contributed by atoms with E-state index >= 15 is 0 Å². The molecule has 0 atom stereocenters. The standard InChI is InChI=1S/CH2O3.H3NO/c2-1(3)4;1-2/h(H2,2,3,4);2H,1H2. The van der Waals surface area contributed by atoms with Crippen molar-refractivity contribution < 1.29 is 20.2 Å². The molecule has 0 aromatic heterocycles. The minimum Gasteiger partial charge on any atom is -0.450 e. The lowest BCUT2D eigenvalue weighted by Gasteiger charge is -1.60. The van der Waals surface area contributed by atoms with Crippen molar-refractivity contribution in [2.24, 2.45) is 5.90 Å². The summed E-state index contributed by atoms with van der Waals surface area (Å²) in [5.74, 6) is 3.50. The predicted molar refractivity (Wildman–Crippen MR) is 16.6 cm³/mol. The van der Waals surface area contributed by atoms with E-state index in [9.17, 15) is 0 Å². The Hall–Kier alpha value is -0.810. The summed E-state index contributed by atoms with van der Waals surface area (Å²) in [6.45, 7) is 0.